The lowest BCUT2D eigenvalue weighted by molar-refractivity contribution is -0.112. The molecule has 2 heterocycles. The maximum atomic E-state index is 11.8. The fraction of sp³-hybridized carbons (Fsp3) is 0. The predicted molar refractivity (Wildman–Crippen MR) is 63.2 cm³/mol. The number of amides is 1. The minimum atomic E-state index is -0.181. The summed E-state index contributed by atoms with van der Waals surface area (Å²) < 4.78 is 0.835. The van der Waals surface area contributed by atoms with E-state index in [1.165, 1.54) is 0 Å². The van der Waals surface area contributed by atoms with Gasteiger partial charge in [-0.05, 0) is 27.6 Å². The summed E-state index contributed by atoms with van der Waals surface area (Å²) in [6.07, 6.45) is 0. The Balaban J connectivity index is 2.37. The van der Waals surface area contributed by atoms with E-state index < -0.39 is 0 Å². The molecule has 1 aromatic heterocycles. The minimum absolute atomic E-state index is 0.181. The SMILES string of the molecule is O=C1N=c2cc(Br)[nH]c2=C1c1ccccc1. The molecule has 0 atom stereocenters. The van der Waals surface area contributed by atoms with E-state index in [2.05, 4.69) is 25.9 Å². The van der Waals surface area contributed by atoms with Crippen LogP contribution in [-0.4, -0.2) is 10.9 Å². The highest BCUT2D eigenvalue weighted by atomic mass is 79.9. The van der Waals surface area contributed by atoms with Gasteiger partial charge in [-0.15, -0.1) is 0 Å². The van der Waals surface area contributed by atoms with Crippen LogP contribution in [-0.2, 0) is 4.79 Å². The molecule has 0 spiro atoms. The molecule has 1 N–H and O–H groups in total. The van der Waals surface area contributed by atoms with Crippen molar-refractivity contribution in [2.75, 3.05) is 0 Å². The number of hydrogen-bond donors (Lipinski definition) is 1. The maximum absolute atomic E-state index is 11.8. The van der Waals surface area contributed by atoms with Crippen LogP contribution in [0.5, 0.6) is 0 Å². The Bertz CT molecular complexity index is 686. The lowest BCUT2D eigenvalue weighted by atomic mass is 10.1. The summed E-state index contributed by atoms with van der Waals surface area (Å²) in [4.78, 5) is 18.9. The van der Waals surface area contributed by atoms with Crippen LogP contribution in [0.15, 0.2) is 46.0 Å². The summed E-state index contributed by atoms with van der Waals surface area (Å²) >= 11 is 3.34. The monoisotopic (exact) mass is 274 g/mol. The van der Waals surface area contributed by atoms with Crippen molar-refractivity contribution in [1.29, 1.82) is 0 Å². The van der Waals surface area contributed by atoms with Crippen LogP contribution in [0, 0.1) is 0 Å². The first-order chi connectivity index (χ1) is 7.75. The molecule has 0 saturated heterocycles. The topological polar surface area (TPSA) is 45.2 Å². The molecule has 1 amide bonds. The van der Waals surface area contributed by atoms with E-state index in [0.29, 0.717) is 10.9 Å². The molecule has 3 nitrogen and oxygen atoms in total. The number of benzene rings is 1. The van der Waals surface area contributed by atoms with Crippen LogP contribution in [0.2, 0.25) is 0 Å². The lowest BCUT2D eigenvalue weighted by Gasteiger charge is -1.98. The zero-order valence-electron chi connectivity index (χ0n) is 8.20. The largest absolute Gasteiger partial charge is 0.347 e. The first-order valence-corrected chi connectivity index (χ1v) is 5.62. The molecule has 4 heteroatoms. The van der Waals surface area contributed by atoms with Crippen LogP contribution in [0.1, 0.15) is 5.56 Å². The Morgan fingerprint density at radius 2 is 1.94 bits per heavy atom. The summed E-state index contributed by atoms with van der Waals surface area (Å²) in [7, 11) is 0. The molecule has 0 radical (unpaired) electrons. The lowest BCUT2D eigenvalue weighted by Crippen LogP contribution is -2.21. The van der Waals surface area contributed by atoms with Crippen molar-refractivity contribution >= 4 is 27.4 Å². The number of fused-ring (bicyclic) bond motifs is 1. The van der Waals surface area contributed by atoms with E-state index >= 15 is 0 Å². The molecule has 78 valence electrons. The predicted octanol–water partition coefficient (Wildman–Crippen LogP) is 1.14. The highest BCUT2D eigenvalue weighted by Gasteiger charge is 2.19. The number of aromatic nitrogens is 1. The van der Waals surface area contributed by atoms with E-state index in [0.717, 1.165) is 15.5 Å². The summed E-state index contributed by atoms with van der Waals surface area (Å²) in [5.74, 6) is -0.181. The average molecular weight is 275 g/mol. The zero-order valence-corrected chi connectivity index (χ0v) is 9.78. The van der Waals surface area contributed by atoms with Crippen LogP contribution in [0.25, 0.3) is 5.57 Å². The first-order valence-electron chi connectivity index (χ1n) is 4.83. The molecule has 0 aliphatic carbocycles. The Hall–Kier alpha value is -1.68. The van der Waals surface area contributed by atoms with Crippen LogP contribution < -0.4 is 10.7 Å². The van der Waals surface area contributed by atoms with Crippen molar-refractivity contribution < 1.29 is 4.79 Å². The average Bonchev–Trinajstić information content (AvgIpc) is 2.74. The summed E-state index contributed by atoms with van der Waals surface area (Å²) in [5, 5.41) is 1.50. The highest BCUT2D eigenvalue weighted by Crippen LogP contribution is 2.14. The van der Waals surface area contributed by atoms with Gasteiger partial charge in [-0.3, -0.25) is 4.79 Å². The number of nitrogens with one attached hydrogen (secondary N) is 1. The Labute approximate surface area is 99.7 Å². The third-order valence-corrected chi connectivity index (χ3v) is 2.94. The maximum Gasteiger partial charge on any atom is 0.280 e. The molecule has 1 aromatic carbocycles. The standard InChI is InChI=1S/C12H7BrN2O/c13-9-6-8-11(15-9)10(12(16)14-8)7-4-2-1-3-5-7/h1-6,15H. The van der Waals surface area contributed by atoms with E-state index in [4.69, 9.17) is 0 Å². The van der Waals surface area contributed by atoms with Crippen LogP contribution in [0.3, 0.4) is 0 Å². The van der Waals surface area contributed by atoms with Gasteiger partial charge >= 0.3 is 0 Å². The number of aromatic amines is 1. The van der Waals surface area contributed by atoms with Gasteiger partial charge in [0.2, 0.25) is 0 Å². The third-order valence-electron chi connectivity index (χ3n) is 2.51. The Kier molecular flexibility index (Phi) is 2.04. The van der Waals surface area contributed by atoms with Crippen molar-refractivity contribution in [3.63, 3.8) is 0 Å². The number of carbonyl (C=O) groups excluding carboxylic acids is 1. The van der Waals surface area contributed by atoms with Gasteiger partial charge in [0.1, 0.15) is 0 Å². The molecular formula is C12H7BrN2O. The number of H-pyrrole nitrogens is 1. The number of carbonyl (C=O) groups is 1. The fourth-order valence-corrected chi connectivity index (χ4v) is 2.25. The normalized spacial score (nSPS) is 13.8. The highest BCUT2D eigenvalue weighted by molar-refractivity contribution is 9.10. The van der Waals surface area contributed by atoms with E-state index in [9.17, 15) is 4.79 Å². The molecule has 1 aliphatic heterocycles. The summed E-state index contributed by atoms with van der Waals surface area (Å²) in [6, 6.07) is 11.4. The second-order valence-electron chi connectivity index (χ2n) is 3.54. The quantitative estimate of drug-likeness (QED) is 0.833. The van der Waals surface area contributed by atoms with Crippen molar-refractivity contribution in [3.8, 4) is 0 Å². The zero-order chi connectivity index (χ0) is 11.1. The summed E-state index contributed by atoms with van der Waals surface area (Å²) in [5.41, 5.74) is 1.53. The molecule has 0 unspecified atom stereocenters. The molecule has 0 bridgehead atoms. The number of hydrogen-bond acceptors (Lipinski definition) is 1. The molecule has 0 saturated carbocycles. The molecule has 16 heavy (non-hydrogen) atoms. The van der Waals surface area contributed by atoms with Crippen LogP contribution >= 0.6 is 15.9 Å². The van der Waals surface area contributed by atoms with Gasteiger partial charge in [0.15, 0.2) is 0 Å². The molecule has 3 rings (SSSR count). The molecule has 0 fully saturated rings. The van der Waals surface area contributed by atoms with Gasteiger partial charge in [-0.25, -0.2) is 4.99 Å². The van der Waals surface area contributed by atoms with Crippen molar-refractivity contribution in [1.82, 2.24) is 4.98 Å². The van der Waals surface area contributed by atoms with Crippen molar-refractivity contribution in [3.05, 3.63) is 57.3 Å². The van der Waals surface area contributed by atoms with Gasteiger partial charge in [-0.2, -0.15) is 0 Å². The van der Waals surface area contributed by atoms with E-state index in [-0.39, 0.29) is 5.91 Å². The van der Waals surface area contributed by atoms with Gasteiger partial charge in [0, 0.05) is 0 Å². The Morgan fingerprint density at radius 3 is 2.69 bits per heavy atom. The number of rotatable bonds is 1. The first kappa shape index (κ1) is 9.54. The molecule has 2 aromatic rings. The van der Waals surface area contributed by atoms with Crippen LogP contribution in [0.4, 0.5) is 0 Å². The Morgan fingerprint density at radius 1 is 1.19 bits per heavy atom. The van der Waals surface area contributed by atoms with Gasteiger partial charge in [0.25, 0.3) is 5.91 Å². The number of nitrogens with zero attached hydrogens (tertiary/aromatic N) is 1. The number of halogens is 1. The van der Waals surface area contributed by atoms with Gasteiger partial charge in [0.05, 0.1) is 20.9 Å². The summed E-state index contributed by atoms with van der Waals surface area (Å²) in [6.45, 7) is 0. The molecule has 1 aliphatic rings. The second kappa shape index (κ2) is 3.42. The third kappa shape index (κ3) is 1.34. The second-order valence-corrected chi connectivity index (χ2v) is 4.39. The minimum Gasteiger partial charge on any atom is -0.347 e. The smallest absolute Gasteiger partial charge is 0.280 e. The van der Waals surface area contributed by atoms with Crippen molar-refractivity contribution in [2.45, 2.75) is 0 Å². The van der Waals surface area contributed by atoms with E-state index in [1.54, 1.807) is 0 Å². The van der Waals surface area contributed by atoms with Crippen molar-refractivity contribution in [2.24, 2.45) is 4.99 Å². The van der Waals surface area contributed by atoms with E-state index in [1.807, 2.05) is 36.4 Å². The van der Waals surface area contributed by atoms with Gasteiger partial charge < -0.3 is 4.98 Å². The molecular weight excluding hydrogens is 268 g/mol. The fourth-order valence-electron chi connectivity index (χ4n) is 1.84. The van der Waals surface area contributed by atoms with Gasteiger partial charge in [-0.1, -0.05) is 30.3 Å².